The lowest BCUT2D eigenvalue weighted by Crippen LogP contribution is -1.96. The van der Waals surface area contributed by atoms with Crippen LogP contribution in [0.4, 0.5) is 14.5 Å². The van der Waals surface area contributed by atoms with Crippen molar-refractivity contribution in [2.24, 2.45) is 0 Å². The van der Waals surface area contributed by atoms with E-state index in [1.807, 2.05) is 0 Å². The Morgan fingerprint density at radius 3 is 2.81 bits per heavy atom. The Morgan fingerprint density at radius 2 is 2.19 bits per heavy atom. The van der Waals surface area contributed by atoms with Crippen molar-refractivity contribution < 1.29 is 13.6 Å². The molecule has 0 radical (unpaired) electrons. The van der Waals surface area contributed by atoms with Gasteiger partial charge >= 0.3 is 0 Å². The summed E-state index contributed by atoms with van der Waals surface area (Å²) in [5.41, 5.74) is 5.69. The summed E-state index contributed by atoms with van der Waals surface area (Å²) < 4.78 is 26.1. The molecule has 0 unspecified atom stereocenters. The molecule has 0 amide bonds. The highest BCUT2D eigenvalue weighted by Gasteiger charge is 2.08. The Kier molecular flexibility index (Phi) is 4.49. The molecule has 1 aromatic rings. The van der Waals surface area contributed by atoms with Crippen LogP contribution in [0.3, 0.4) is 0 Å². The van der Waals surface area contributed by atoms with Gasteiger partial charge in [0.2, 0.25) is 0 Å². The predicted molar refractivity (Wildman–Crippen MR) is 62.9 cm³/mol. The van der Waals surface area contributed by atoms with Gasteiger partial charge in [0.05, 0.1) is 0 Å². The zero-order valence-corrected chi connectivity index (χ0v) is 9.48. The molecule has 0 spiro atoms. The molecule has 16 heavy (non-hydrogen) atoms. The number of carbonyl (C=O) groups is 1. The number of hydrogen-bond donors (Lipinski definition) is 1. The normalized spacial score (nSPS) is 10.9. The fraction of sp³-hybridized carbons (Fsp3) is 0.182. The molecule has 1 rings (SSSR count). The first kappa shape index (κ1) is 12.7. The van der Waals surface area contributed by atoms with Gasteiger partial charge < -0.3 is 5.73 Å². The Morgan fingerprint density at radius 1 is 1.50 bits per heavy atom. The van der Waals surface area contributed by atoms with Crippen LogP contribution in [-0.2, 0) is 4.79 Å². The Labute approximate surface area is 96.5 Å². The molecule has 0 saturated heterocycles. The lowest BCUT2D eigenvalue weighted by atomic mass is 10.1. The Hall–Kier alpha value is -1.36. The van der Waals surface area contributed by atoms with Gasteiger partial charge in [-0.25, -0.2) is 8.78 Å². The van der Waals surface area contributed by atoms with Crippen LogP contribution in [0.1, 0.15) is 12.5 Å². The zero-order valence-electron chi connectivity index (χ0n) is 8.67. The molecule has 0 heterocycles. The van der Waals surface area contributed by atoms with Crippen LogP contribution in [0.25, 0.3) is 6.08 Å². The van der Waals surface area contributed by atoms with Crippen LogP contribution in [0.5, 0.6) is 0 Å². The SMILES string of the molecule is CC(=O)SCC=Cc1c(N)ccc(F)c1F. The second-order valence-corrected chi connectivity index (χ2v) is 4.27. The average molecular weight is 243 g/mol. The summed E-state index contributed by atoms with van der Waals surface area (Å²) in [5, 5.41) is -0.0302. The third-order valence-electron chi connectivity index (χ3n) is 1.83. The van der Waals surface area contributed by atoms with Gasteiger partial charge in [-0.2, -0.15) is 0 Å². The van der Waals surface area contributed by atoms with E-state index in [2.05, 4.69) is 0 Å². The van der Waals surface area contributed by atoms with Crippen molar-refractivity contribution in [2.45, 2.75) is 6.92 Å². The molecule has 0 aliphatic heterocycles. The topological polar surface area (TPSA) is 43.1 Å². The molecule has 5 heteroatoms. The third-order valence-corrected chi connectivity index (χ3v) is 2.60. The standard InChI is InChI=1S/C11H11F2NOS/c1-7(15)16-6-2-3-8-10(14)5-4-9(12)11(8)13/h2-5H,6,14H2,1H3. The van der Waals surface area contributed by atoms with Gasteiger partial charge in [0, 0.05) is 23.9 Å². The van der Waals surface area contributed by atoms with E-state index in [-0.39, 0.29) is 16.4 Å². The fourth-order valence-corrected chi connectivity index (χ4v) is 1.51. The predicted octanol–water partition coefficient (Wildman–Crippen LogP) is 2.84. The number of thioether (sulfide) groups is 1. The van der Waals surface area contributed by atoms with Gasteiger partial charge in [0.15, 0.2) is 16.7 Å². The lowest BCUT2D eigenvalue weighted by molar-refractivity contribution is -0.109. The van der Waals surface area contributed by atoms with Crippen molar-refractivity contribution in [1.82, 2.24) is 0 Å². The van der Waals surface area contributed by atoms with Gasteiger partial charge in [-0.3, -0.25) is 4.79 Å². The van der Waals surface area contributed by atoms with Crippen LogP contribution >= 0.6 is 11.8 Å². The second-order valence-electron chi connectivity index (χ2n) is 3.07. The summed E-state index contributed by atoms with van der Waals surface area (Å²) in [4.78, 5) is 10.6. The summed E-state index contributed by atoms with van der Waals surface area (Å²) in [6.45, 7) is 1.44. The van der Waals surface area contributed by atoms with Crippen molar-refractivity contribution in [3.05, 3.63) is 35.4 Å². The van der Waals surface area contributed by atoms with Crippen molar-refractivity contribution in [3.63, 3.8) is 0 Å². The van der Waals surface area contributed by atoms with Crippen molar-refractivity contribution in [3.8, 4) is 0 Å². The molecular formula is C11H11F2NOS. The van der Waals surface area contributed by atoms with E-state index >= 15 is 0 Å². The van der Waals surface area contributed by atoms with Gasteiger partial charge in [-0.1, -0.05) is 23.9 Å². The highest BCUT2D eigenvalue weighted by atomic mass is 32.2. The Balaban J connectivity index is 2.80. The van der Waals surface area contributed by atoms with Gasteiger partial charge in [-0.05, 0) is 12.1 Å². The molecule has 1 aromatic carbocycles. The minimum Gasteiger partial charge on any atom is -0.398 e. The summed E-state index contributed by atoms with van der Waals surface area (Å²) in [7, 11) is 0. The van der Waals surface area contributed by atoms with Crippen LogP contribution in [-0.4, -0.2) is 10.9 Å². The number of benzene rings is 1. The van der Waals surface area contributed by atoms with Gasteiger partial charge in [0.1, 0.15) is 0 Å². The Bertz CT molecular complexity index is 432. The molecular weight excluding hydrogens is 232 g/mol. The molecule has 0 bridgehead atoms. The van der Waals surface area contributed by atoms with E-state index in [1.54, 1.807) is 6.08 Å². The maximum Gasteiger partial charge on any atom is 0.186 e. The van der Waals surface area contributed by atoms with Crippen LogP contribution in [0.2, 0.25) is 0 Å². The molecule has 0 aromatic heterocycles. The fourth-order valence-electron chi connectivity index (χ4n) is 1.08. The molecule has 0 saturated carbocycles. The number of halogens is 2. The summed E-state index contributed by atoms with van der Waals surface area (Å²) >= 11 is 1.08. The van der Waals surface area contributed by atoms with E-state index in [4.69, 9.17) is 5.73 Å². The van der Waals surface area contributed by atoms with Gasteiger partial charge in [0.25, 0.3) is 0 Å². The first-order valence-electron chi connectivity index (χ1n) is 4.55. The molecule has 0 atom stereocenters. The molecule has 2 nitrogen and oxygen atoms in total. The minimum absolute atomic E-state index is 0.0177. The maximum atomic E-state index is 13.3. The van der Waals surface area contributed by atoms with E-state index in [9.17, 15) is 13.6 Å². The van der Waals surface area contributed by atoms with E-state index in [0.29, 0.717) is 5.75 Å². The van der Waals surface area contributed by atoms with Gasteiger partial charge in [-0.15, -0.1) is 0 Å². The average Bonchev–Trinajstić information content (AvgIpc) is 2.22. The van der Waals surface area contributed by atoms with E-state index in [0.717, 1.165) is 17.8 Å². The van der Waals surface area contributed by atoms with E-state index in [1.165, 1.54) is 19.1 Å². The summed E-state index contributed by atoms with van der Waals surface area (Å²) in [6, 6.07) is 2.28. The number of nitrogen functional groups attached to an aromatic ring is 1. The zero-order chi connectivity index (χ0) is 12.1. The molecule has 2 N–H and O–H groups in total. The van der Waals surface area contributed by atoms with Crippen LogP contribution in [0, 0.1) is 11.6 Å². The van der Waals surface area contributed by atoms with Crippen molar-refractivity contribution in [1.29, 1.82) is 0 Å². The third kappa shape index (κ3) is 3.34. The summed E-state index contributed by atoms with van der Waals surface area (Å²) in [6.07, 6.45) is 2.95. The maximum absolute atomic E-state index is 13.3. The first-order chi connectivity index (χ1) is 7.52. The number of hydrogen-bond acceptors (Lipinski definition) is 3. The first-order valence-corrected chi connectivity index (χ1v) is 5.54. The molecule has 86 valence electrons. The van der Waals surface area contributed by atoms with Crippen molar-refractivity contribution >= 4 is 28.6 Å². The largest absolute Gasteiger partial charge is 0.398 e. The highest BCUT2D eigenvalue weighted by molar-refractivity contribution is 8.13. The number of carbonyl (C=O) groups excluding carboxylic acids is 1. The van der Waals surface area contributed by atoms with Crippen LogP contribution < -0.4 is 5.73 Å². The number of anilines is 1. The number of rotatable bonds is 3. The van der Waals surface area contributed by atoms with Crippen molar-refractivity contribution in [2.75, 3.05) is 11.5 Å². The minimum atomic E-state index is -0.968. The smallest absolute Gasteiger partial charge is 0.186 e. The summed E-state index contributed by atoms with van der Waals surface area (Å²) in [5.74, 6) is -1.50. The second kappa shape index (κ2) is 5.65. The highest BCUT2D eigenvalue weighted by Crippen LogP contribution is 2.20. The molecule has 0 aliphatic rings. The van der Waals surface area contributed by atoms with Crippen LogP contribution in [0.15, 0.2) is 18.2 Å². The van der Waals surface area contributed by atoms with E-state index < -0.39 is 11.6 Å². The monoisotopic (exact) mass is 243 g/mol. The number of nitrogens with two attached hydrogens (primary N) is 1. The molecule has 0 aliphatic carbocycles. The lowest BCUT2D eigenvalue weighted by Gasteiger charge is -2.02. The molecule has 0 fully saturated rings. The quantitative estimate of drug-likeness (QED) is 0.830.